The largest absolute Gasteiger partial charge is 0.414 e. The molecule has 124 valence electrons. The third-order valence-electron chi connectivity index (χ3n) is 4.11. The molecule has 1 fully saturated rings. The van der Waals surface area contributed by atoms with Crippen LogP contribution in [0.1, 0.15) is 39.5 Å². The van der Waals surface area contributed by atoms with Crippen molar-refractivity contribution >= 4 is 5.91 Å². The van der Waals surface area contributed by atoms with E-state index in [0.717, 1.165) is 12.8 Å². The second-order valence-electron chi connectivity index (χ2n) is 5.68. The lowest BCUT2D eigenvalue weighted by atomic mass is 9.90. The van der Waals surface area contributed by atoms with E-state index in [9.17, 15) is 23.1 Å². The first-order chi connectivity index (χ1) is 9.77. The highest BCUT2D eigenvalue weighted by molar-refractivity contribution is 5.81. The summed E-state index contributed by atoms with van der Waals surface area (Å²) >= 11 is 0. The Labute approximate surface area is 123 Å². The van der Waals surface area contributed by atoms with Gasteiger partial charge in [-0.2, -0.15) is 13.2 Å². The number of aliphatic hydroxyl groups excluding tert-OH is 1. The zero-order valence-electron chi connectivity index (χ0n) is 12.6. The van der Waals surface area contributed by atoms with E-state index in [4.69, 9.17) is 0 Å². The van der Waals surface area contributed by atoms with E-state index < -0.39 is 18.2 Å². The number of piperidine rings is 1. The molecule has 0 bridgehead atoms. The van der Waals surface area contributed by atoms with Crippen LogP contribution in [0, 0.1) is 5.92 Å². The zero-order chi connectivity index (χ0) is 16.0. The van der Waals surface area contributed by atoms with Crippen molar-refractivity contribution < 1.29 is 23.1 Å². The molecule has 1 rings (SSSR count). The number of nitrogens with zero attached hydrogens (tertiary/aromatic N) is 1. The van der Waals surface area contributed by atoms with Gasteiger partial charge in [0.1, 0.15) is 0 Å². The van der Waals surface area contributed by atoms with Crippen LogP contribution in [0.2, 0.25) is 0 Å². The summed E-state index contributed by atoms with van der Waals surface area (Å²) in [6.45, 7) is 5.23. The second-order valence-corrected chi connectivity index (χ2v) is 5.68. The molecule has 0 aromatic carbocycles. The fourth-order valence-corrected chi connectivity index (χ4v) is 2.59. The van der Waals surface area contributed by atoms with Gasteiger partial charge in [-0.25, -0.2) is 0 Å². The summed E-state index contributed by atoms with van der Waals surface area (Å²) < 4.78 is 37.4. The zero-order valence-corrected chi connectivity index (χ0v) is 12.6. The molecule has 4 nitrogen and oxygen atoms in total. The number of nitrogens with one attached hydrogen (secondary N) is 1. The Hall–Kier alpha value is -0.820. The van der Waals surface area contributed by atoms with Gasteiger partial charge in [0.2, 0.25) is 5.91 Å². The van der Waals surface area contributed by atoms with Crippen molar-refractivity contribution in [3.8, 4) is 0 Å². The number of halogens is 3. The van der Waals surface area contributed by atoms with E-state index in [-0.39, 0.29) is 24.8 Å². The molecule has 1 aliphatic heterocycles. The summed E-state index contributed by atoms with van der Waals surface area (Å²) in [6.07, 6.45) is -4.39. The molecule has 0 radical (unpaired) electrons. The molecule has 1 amide bonds. The first-order valence-corrected chi connectivity index (χ1v) is 7.54. The molecule has 1 aliphatic rings. The minimum atomic E-state index is -4.56. The van der Waals surface area contributed by atoms with Crippen molar-refractivity contribution in [2.75, 3.05) is 19.6 Å². The summed E-state index contributed by atoms with van der Waals surface area (Å²) in [7, 11) is 0. The van der Waals surface area contributed by atoms with Crippen molar-refractivity contribution in [2.45, 2.75) is 57.9 Å². The number of rotatable bonds is 6. The molecule has 0 spiro atoms. The van der Waals surface area contributed by atoms with Crippen LogP contribution in [0.4, 0.5) is 13.2 Å². The molecule has 0 aliphatic carbocycles. The van der Waals surface area contributed by atoms with Gasteiger partial charge in [-0.15, -0.1) is 0 Å². The van der Waals surface area contributed by atoms with Gasteiger partial charge in [0.05, 0.1) is 6.04 Å². The maximum absolute atomic E-state index is 12.5. The number of unbranched alkanes of at least 4 members (excludes halogenated alkanes) is 1. The molecule has 0 aromatic heterocycles. The number of aliphatic hydroxyl groups is 1. The van der Waals surface area contributed by atoms with E-state index in [1.54, 1.807) is 6.92 Å². The summed E-state index contributed by atoms with van der Waals surface area (Å²) in [4.78, 5) is 13.8. The minimum absolute atomic E-state index is 0.0849. The van der Waals surface area contributed by atoms with E-state index in [1.807, 2.05) is 11.8 Å². The van der Waals surface area contributed by atoms with Crippen molar-refractivity contribution in [1.29, 1.82) is 0 Å². The lowest BCUT2D eigenvalue weighted by molar-refractivity contribution is -0.223. The molecular weight excluding hydrogens is 285 g/mol. The number of carbonyl (C=O) groups is 1. The molecule has 2 unspecified atom stereocenters. The van der Waals surface area contributed by atoms with Crippen LogP contribution < -0.4 is 5.32 Å². The molecule has 1 heterocycles. The highest BCUT2D eigenvalue weighted by atomic mass is 19.4. The fraction of sp³-hybridized carbons (Fsp3) is 0.929. The minimum Gasteiger partial charge on any atom is -0.383 e. The average molecular weight is 310 g/mol. The Balaban J connectivity index is 2.40. The van der Waals surface area contributed by atoms with Crippen LogP contribution in [-0.2, 0) is 4.79 Å². The van der Waals surface area contributed by atoms with Gasteiger partial charge in [-0.05, 0) is 45.2 Å². The van der Waals surface area contributed by atoms with Gasteiger partial charge in [0, 0.05) is 6.54 Å². The van der Waals surface area contributed by atoms with Crippen LogP contribution in [0.25, 0.3) is 0 Å². The van der Waals surface area contributed by atoms with E-state index in [0.29, 0.717) is 19.6 Å². The summed E-state index contributed by atoms with van der Waals surface area (Å²) in [5.74, 6) is -0.852. The maximum atomic E-state index is 12.5. The van der Waals surface area contributed by atoms with Crippen LogP contribution >= 0.6 is 0 Å². The van der Waals surface area contributed by atoms with Crippen LogP contribution in [-0.4, -0.2) is 53.9 Å². The monoisotopic (exact) mass is 310 g/mol. The van der Waals surface area contributed by atoms with Crippen molar-refractivity contribution in [2.24, 2.45) is 5.92 Å². The predicted octanol–water partition coefficient (Wildman–Crippen LogP) is 1.93. The summed E-state index contributed by atoms with van der Waals surface area (Å²) in [6, 6.07) is -0.342. The second kappa shape index (κ2) is 7.98. The smallest absolute Gasteiger partial charge is 0.383 e. The fourth-order valence-electron chi connectivity index (χ4n) is 2.59. The van der Waals surface area contributed by atoms with E-state index >= 15 is 0 Å². The number of likely N-dealkylation sites (tertiary alicyclic amines) is 1. The van der Waals surface area contributed by atoms with Gasteiger partial charge >= 0.3 is 6.18 Å². The van der Waals surface area contributed by atoms with E-state index in [2.05, 4.69) is 5.32 Å². The standard InChI is InChI=1S/C14H25F3N2O2/c1-3-4-7-18-13(21)10(2)19-8-5-11(6-9-19)12(20)14(15,16)17/h10-12,20H,3-9H2,1-2H3,(H,18,21). The Bertz CT molecular complexity index is 329. The Kier molecular flexibility index (Phi) is 6.93. The highest BCUT2D eigenvalue weighted by Gasteiger charge is 2.44. The molecule has 7 heteroatoms. The first kappa shape index (κ1) is 18.2. The normalized spacial score (nSPS) is 21.0. The van der Waals surface area contributed by atoms with Crippen LogP contribution in [0.3, 0.4) is 0 Å². The Morgan fingerprint density at radius 3 is 2.43 bits per heavy atom. The maximum Gasteiger partial charge on any atom is 0.414 e. The quantitative estimate of drug-likeness (QED) is 0.737. The van der Waals surface area contributed by atoms with Gasteiger partial charge in [0.25, 0.3) is 0 Å². The molecule has 21 heavy (non-hydrogen) atoms. The first-order valence-electron chi connectivity index (χ1n) is 7.54. The highest BCUT2D eigenvalue weighted by Crippen LogP contribution is 2.31. The number of amides is 1. The van der Waals surface area contributed by atoms with Crippen molar-refractivity contribution in [3.63, 3.8) is 0 Å². The number of hydrogen-bond donors (Lipinski definition) is 2. The van der Waals surface area contributed by atoms with E-state index in [1.165, 1.54) is 0 Å². The summed E-state index contributed by atoms with van der Waals surface area (Å²) in [5.41, 5.74) is 0. The summed E-state index contributed by atoms with van der Waals surface area (Å²) in [5, 5.41) is 12.1. The Morgan fingerprint density at radius 2 is 1.95 bits per heavy atom. The van der Waals surface area contributed by atoms with Gasteiger partial charge in [-0.1, -0.05) is 13.3 Å². The predicted molar refractivity (Wildman–Crippen MR) is 73.7 cm³/mol. The third-order valence-corrected chi connectivity index (χ3v) is 4.11. The number of hydrogen-bond acceptors (Lipinski definition) is 3. The van der Waals surface area contributed by atoms with Crippen molar-refractivity contribution in [1.82, 2.24) is 10.2 Å². The molecular formula is C14H25F3N2O2. The topological polar surface area (TPSA) is 52.6 Å². The van der Waals surface area contributed by atoms with Gasteiger partial charge in [0.15, 0.2) is 6.10 Å². The van der Waals surface area contributed by atoms with Crippen molar-refractivity contribution in [3.05, 3.63) is 0 Å². The lowest BCUT2D eigenvalue weighted by Crippen LogP contribution is -2.50. The molecule has 2 N–H and O–H groups in total. The number of carbonyl (C=O) groups excluding carboxylic acids is 1. The molecule has 1 saturated heterocycles. The molecule has 0 saturated carbocycles. The third kappa shape index (κ3) is 5.47. The average Bonchev–Trinajstić information content (AvgIpc) is 2.45. The van der Waals surface area contributed by atoms with Crippen LogP contribution in [0.5, 0.6) is 0 Å². The SMILES string of the molecule is CCCCNC(=O)C(C)N1CCC(C(O)C(F)(F)F)CC1. The molecule has 2 atom stereocenters. The van der Waals surface area contributed by atoms with Crippen LogP contribution in [0.15, 0.2) is 0 Å². The molecule has 0 aromatic rings. The number of alkyl halides is 3. The Morgan fingerprint density at radius 1 is 1.38 bits per heavy atom. The lowest BCUT2D eigenvalue weighted by Gasteiger charge is -2.37. The van der Waals surface area contributed by atoms with Gasteiger partial charge in [-0.3, -0.25) is 9.69 Å². The van der Waals surface area contributed by atoms with Gasteiger partial charge < -0.3 is 10.4 Å².